The monoisotopic (exact) mass is 354 g/mol. The number of hydrogen-bond acceptors (Lipinski definition) is 3. The molecule has 0 amide bonds. The van der Waals surface area contributed by atoms with Crippen LogP contribution >= 0.6 is 11.8 Å². The van der Waals surface area contributed by atoms with Crippen LogP contribution in [-0.4, -0.2) is 10.6 Å². The molecule has 23 heavy (non-hydrogen) atoms. The van der Waals surface area contributed by atoms with E-state index < -0.39 is 35.0 Å². The maximum absolute atomic E-state index is 13.4. The van der Waals surface area contributed by atoms with Gasteiger partial charge >= 0.3 is 5.51 Å². The molecule has 9 heteroatoms. The van der Waals surface area contributed by atoms with Crippen molar-refractivity contribution in [2.45, 2.75) is 16.7 Å². The molecule has 0 saturated carbocycles. The Morgan fingerprint density at radius 2 is 1.52 bits per heavy atom. The van der Waals surface area contributed by atoms with Crippen LogP contribution in [0.25, 0.3) is 0 Å². The first-order valence-corrected chi connectivity index (χ1v) is 6.83. The Balaban J connectivity index is 2.12. The van der Waals surface area contributed by atoms with E-state index in [9.17, 15) is 31.4 Å². The molecule has 0 fully saturated rings. The highest BCUT2D eigenvalue weighted by molar-refractivity contribution is 8.00. The van der Waals surface area contributed by atoms with Crippen LogP contribution in [0.4, 0.5) is 26.3 Å². The normalized spacial score (nSPS) is 13.0. The largest absolute Gasteiger partial charge is 0.458 e. The molecule has 0 aliphatic heterocycles. The number of benzene rings is 2. The van der Waals surface area contributed by atoms with Crippen LogP contribution in [0.3, 0.4) is 0 Å². The molecule has 2 rings (SSSR count). The van der Waals surface area contributed by atoms with Gasteiger partial charge in [0.25, 0.3) is 0 Å². The molecular weight excluding hydrogens is 346 g/mol. The number of thioether (sulfide) groups is 1. The number of halogens is 6. The van der Waals surface area contributed by atoms with Gasteiger partial charge in [-0.2, -0.15) is 17.6 Å². The second-order valence-corrected chi connectivity index (χ2v) is 5.40. The van der Waals surface area contributed by atoms with E-state index in [-0.39, 0.29) is 22.2 Å². The third-order valence-corrected chi connectivity index (χ3v) is 3.38. The van der Waals surface area contributed by atoms with Gasteiger partial charge in [0.2, 0.25) is 12.1 Å². The summed E-state index contributed by atoms with van der Waals surface area (Å²) in [5, 5.41) is 9.75. The van der Waals surface area contributed by atoms with E-state index in [0.717, 1.165) is 30.3 Å². The molecule has 0 heterocycles. The van der Waals surface area contributed by atoms with Gasteiger partial charge in [-0.15, -0.1) is 0 Å². The van der Waals surface area contributed by atoms with Gasteiger partial charge in [0.05, 0.1) is 0 Å². The molecule has 0 aromatic heterocycles. The van der Waals surface area contributed by atoms with E-state index >= 15 is 0 Å². The predicted octanol–water partition coefficient (Wildman–Crippen LogP) is 4.79. The van der Waals surface area contributed by atoms with E-state index in [1.807, 2.05) is 0 Å². The molecular formula is C14H8F6O2S. The molecule has 0 spiro atoms. The molecule has 0 radical (unpaired) electrons. The zero-order chi connectivity index (χ0) is 17.2. The molecule has 124 valence electrons. The van der Waals surface area contributed by atoms with Crippen molar-refractivity contribution >= 4 is 11.8 Å². The van der Waals surface area contributed by atoms with Crippen LogP contribution in [-0.2, 0) is 0 Å². The first-order valence-electron chi connectivity index (χ1n) is 6.01. The highest BCUT2D eigenvalue weighted by atomic mass is 32.2. The number of ether oxygens (including phenoxy) is 1. The second kappa shape index (κ2) is 6.71. The minimum atomic E-state index is -4.45. The van der Waals surface area contributed by atoms with Crippen molar-refractivity contribution in [2.75, 3.05) is 0 Å². The topological polar surface area (TPSA) is 29.5 Å². The van der Waals surface area contributed by atoms with Crippen molar-refractivity contribution in [3.63, 3.8) is 0 Å². The molecule has 1 unspecified atom stereocenters. The maximum atomic E-state index is 13.4. The van der Waals surface area contributed by atoms with Gasteiger partial charge in [-0.3, -0.25) is 0 Å². The maximum Gasteiger partial charge on any atom is 0.446 e. The second-order valence-electron chi connectivity index (χ2n) is 4.26. The molecule has 0 bridgehead atoms. The zero-order valence-electron chi connectivity index (χ0n) is 11.1. The van der Waals surface area contributed by atoms with E-state index in [1.165, 1.54) is 0 Å². The molecule has 2 nitrogen and oxygen atoms in total. The number of alkyl halides is 3. The quantitative estimate of drug-likeness (QED) is 0.371. The van der Waals surface area contributed by atoms with Gasteiger partial charge < -0.3 is 9.84 Å². The third kappa shape index (κ3) is 4.55. The molecule has 2 aromatic rings. The van der Waals surface area contributed by atoms with E-state index in [0.29, 0.717) is 6.07 Å². The lowest BCUT2D eigenvalue weighted by Gasteiger charge is -2.15. The van der Waals surface area contributed by atoms with Crippen molar-refractivity contribution in [1.82, 2.24) is 0 Å². The Hall–Kier alpha value is -1.87. The van der Waals surface area contributed by atoms with Crippen molar-refractivity contribution in [3.05, 3.63) is 59.4 Å². The van der Waals surface area contributed by atoms with Crippen molar-refractivity contribution in [1.29, 1.82) is 0 Å². The zero-order valence-corrected chi connectivity index (χ0v) is 11.9. The summed E-state index contributed by atoms with van der Waals surface area (Å²) in [4.78, 5) is -0.118. The van der Waals surface area contributed by atoms with Crippen LogP contribution in [0.5, 0.6) is 5.75 Å². The fraction of sp³-hybridized carbons (Fsp3) is 0.143. The van der Waals surface area contributed by atoms with Crippen LogP contribution in [0.2, 0.25) is 0 Å². The number of aliphatic hydroxyl groups excluding tert-OH is 1. The SMILES string of the molecule is OC(Oc1ccc(F)c(F)c1F)c1ccc(SC(F)(F)F)cc1. The lowest BCUT2D eigenvalue weighted by Crippen LogP contribution is -2.08. The first kappa shape index (κ1) is 17.5. The van der Waals surface area contributed by atoms with Crippen LogP contribution in [0.15, 0.2) is 41.3 Å². The Morgan fingerprint density at radius 1 is 0.913 bits per heavy atom. The van der Waals surface area contributed by atoms with Gasteiger partial charge in [0.1, 0.15) is 0 Å². The van der Waals surface area contributed by atoms with Crippen molar-refractivity contribution in [3.8, 4) is 5.75 Å². The number of hydrogen-bond donors (Lipinski definition) is 1. The summed E-state index contributed by atoms with van der Waals surface area (Å²) >= 11 is -0.343. The molecule has 0 aliphatic rings. The summed E-state index contributed by atoms with van der Waals surface area (Å²) in [6, 6.07) is 5.84. The fourth-order valence-electron chi connectivity index (χ4n) is 1.62. The number of aliphatic hydroxyl groups is 1. The molecule has 1 atom stereocenters. The molecule has 2 aromatic carbocycles. The smallest absolute Gasteiger partial charge is 0.446 e. The van der Waals surface area contributed by atoms with Gasteiger partial charge in [-0.25, -0.2) is 8.78 Å². The number of rotatable bonds is 4. The van der Waals surface area contributed by atoms with Gasteiger partial charge in [0.15, 0.2) is 17.4 Å². The molecule has 0 aliphatic carbocycles. The Labute approximate surface area is 130 Å². The van der Waals surface area contributed by atoms with Crippen molar-refractivity contribution in [2.24, 2.45) is 0 Å². The lowest BCUT2D eigenvalue weighted by molar-refractivity contribution is -0.0328. The Morgan fingerprint density at radius 3 is 2.09 bits per heavy atom. The summed E-state index contributed by atoms with van der Waals surface area (Å²) in [6.45, 7) is 0. The summed E-state index contributed by atoms with van der Waals surface area (Å²) in [6.07, 6.45) is -1.76. The third-order valence-electron chi connectivity index (χ3n) is 2.64. The Kier molecular flexibility index (Phi) is 5.10. The standard InChI is InChI=1S/C14H8F6O2S/c15-9-5-6-10(12(17)11(9)16)22-13(21)7-1-3-8(4-2-7)23-14(18,19)20/h1-6,13,21H. The van der Waals surface area contributed by atoms with E-state index in [1.54, 1.807) is 0 Å². The highest BCUT2D eigenvalue weighted by Gasteiger charge is 2.29. The van der Waals surface area contributed by atoms with E-state index in [4.69, 9.17) is 4.74 Å². The minimum absolute atomic E-state index is 0.0145. The van der Waals surface area contributed by atoms with Crippen molar-refractivity contribution < 1.29 is 36.2 Å². The molecule has 0 saturated heterocycles. The average molecular weight is 354 g/mol. The minimum Gasteiger partial charge on any atom is -0.458 e. The fourth-order valence-corrected chi connectivity index (χ4v) is 2.16. The highest BCUT2D eigenvalue weighted by Crippen LogP contribution is 2.37. The summed E-state index contributed by atoms with van der Waals surface area (Å²) in [5.41, 5.74) is -4.44. The Bertz CT molecular complexity index is 687. The van der Waals surface area contributed by atoms with Gasteiger partial charge in [-0.1, -0.05) is 12.1 Å². The van der Waals surface area contributed by atoms with Crippen LogP contribution < -0.4 is 4.74 Å². The van der Waals surface area contributed by atoms with Crippen LogP contribution in [0.1, 0.15) is 11.9 Å². The first-order chi connectivity index (χ1) is 10.7. The summed E-state index contributed by atoms with van der Waals surface area (Å²) in [7, 11) is 0. The lowest BCUT2D eigenvalue weighted by atomic mass is 10.2. The predicted molar refractivity (Wildman–Crippen MR) is 70.3 cm³/mol. The summed E-state index contributed by atoms with van der Waals surface area (Å²) in [5.74, 6) is -5.53. The van der Waals surface area contributed by atoms with Gasteiger partial charge in [0, 0.05) is 10.5 Å². The van der Waals surface area contributed by atoms with Crippen LogP contribution in [0, 0.1) is 17.5 Å². The van der Waals surface area contributed by atoms with E-state index in [2.05, 4.69) is 0 Å². The molecule has 1 N–H and O–H groups in total. The average Bonchev–Trinajstić information content (AvgIpc) is 2.47. The van der Waals surface area contributed by atoms with Gasteiger partial charge in [-0.05, 0) is 36.0 Å². The summed E-state index contributed by atoms with van der Waals surface area (Å²) < 4.78 is 80.5.